The Kier molecular flexibility index (Phi) is 8.06. The zero-order valence-corrected chi connectivity index (χ0v) is 20.9. The number of carboxylic acid groups (broad SMARTS) is 1. The fourth-order valence-electron chi connectivity index (χ4n) is 4.42. The maximum atomic E-state index is 11.9. The van der Waals surface area contributed by atoms with Crippen LogP contribution in [0.5, 0.6) is 5.75 Å². The second kappa shape index (κ2) is 10.2. The quantitative estimate of drug-likeness (QED) is 0.553. The zero-order valence-electron chi connectivity index (χ0n) is 20.9. The summed E-state index contributed by atoms with van der Waals surface area (Å²) in [7, 11) is 0. The van der Waals surface area contributed by atoms with E-state index in [2.05, 4.69) is 22.2 Å². The van der Waals surface area contributed by atoms with Crippen LogP contribution >= 0.6 is 0 Å². The molecular formula is C25H36N4O4. The van der Waals surface area contributed by atoms with Crippen molar-refractivity contribution in [2.24, 2.45) is 5.92 Å². The minimum atomic E-state index is -0.918. The lowest BCUT2D eigenvalue weighted by atomic mass is 9.87. The molecule has 1 aromatic heterocycles. The van der Waals surface area contributed by atoms with Gasteiger partial charge in [-0.2, -0.15) is 0 Å². The van der Waals surface area contributed by atoms with Crippen molar-refractivity contribution in [2.75, 3.05) is 11.9 Å². The van der Waals surface area contributed by atoms with Gasteiger partial charge in [0.25, 0.3) is 0 Å². The summed E-state index contributed by atoms with van der Waals surface area (Å²) in [6.45, 7) is 15.6. The third-order valence-electron chi connectivity index (χ3n) is 5.28. The molecule has 0 saturated carbocycles. The van der Waals surface area contributed by atoms with E-state index in [0.717, 1.165) is 16.9 Å². The lowest BCUT2D eigenvalue weighted by molar-refractivity contribution is -0.114. The average molecular weight is 457 g/mol. The molecule has 1 aromatic carbocycles. The minimum Gasteiger partial charge on any atom is -0.493 e. The number of carbonyl (C=O) groups is 2. The highest BCUT2D eigenvalue weighted by molar-refractivity contribution is 5.88. The summed E-state index contributed by atoms with van der Waals surface area (Å²) in [5.41, 5.74) is 1.52. The van der Waals surface area contributed by atoms with Crippen molar-refractivity contribution in [1.29, 1.82) is 0 Å². The van der Waals surface area contributed by atoms with Crippen molar-refractivity contribution >= 4 is 17.8 Å². The molecule has 2 aromatic rings. The highest BCUT2D eigenvalue weighted by Crippen LogP contribution is 2.32. The number of anilines is 1. The van der Waals surface area contributed by atoms with Crippen LogP contribution in [0.4, 0.5) is 10.6 Å². The third-order valence-corrected chi connectivity index (χ3v) is 5.28. The van der Waals surface area contributed by atoms with Crippen molar-refractivity contribution in [3.8, 4) is 17.0 Å². The molecule has 0 spiro atoms. The molecule has 1 atom stereocenters. The van der Waals surface area contributed by atoms with E-state index in [1.807, 2.05) is 59.7 Å². The van der Waals surface area contributed by atoms with Crippen LogP contribution in [-0.4, -0.2) is 49.7 Å². The monoisotopic (exact) mass is 456 g/mol. The van der Waals surface area contributed by atoms with E-state index in [0.29, 0.717) is 24.5 Å². The molecule has 0 saturated heterocycles. The fraction of sp³-hybridized carbons (Fsp3) is 0.520. The van der Waals surface area contributed by atoms with Gasteiger partial charge in [-0.1, -0.05) is 6.92 Å². The summed E-state index contributed by atoms with van der Waals surface area (Å²) in [6, 6.07) is 7.53. The normalized spacial score (nSPS) is 12.7. The lowest BCUT2D eigenvalue weighted by Crippen LogP contribution is -2.57. The predicted molar refractivity (Wildman–Crippen MR) is 129 cm³/mol. The fourth-order valence-corrected chi connectivity index (χ4v) is 4.42. The summed E-state index contributed by atoms with van der Waals surface area (Å²) in [6.07, 6.45) is 1.17. The Bertz CT molecular complexity index is 998. The Morgan fingerprint density at radius 2 is 1.82 bits per heavy atom. The molecule has 0 aliphatic rings. The smallest absolute Gasteiger partial charge is 0.408 e. The van der Waals surface area contributed by atoms with Gasteiger partial charge in [-0.05, 0) is 77.6 Å². The first-order chi connectivity index (χ1) is 15.2. The van der Waals surface area contributed by atoms with Crippen LogP contribution in [0.2, 0.25) is 0 Å². The molecular weight excluding hydrogens is 420 g/mol. The van der Waals surface area contributed by atoms with Gasteiger partial charge in [-0.25, -0.2) is 14.8 Å². The van der Waals surface area contributed by atoms with E-state index in [9.17, 15) is 14.7 Å². The Balaban J connectivity index is 2.07. The van der Waals surface area contributed by atoms with Crippen LogP contribution in [0.15, 0.2) is 30.6 Å². The van der Waals surface area contributed by atoms with Crippen molar-refractivity contribution < 1.29 is 19.4 Å². The van der Waals surface area contributed by atoms with Gasteiger partial charge in [-0.3, -0.25) is 9.69 Å². The molecule has 0 aliphatic heterocycles. The molecule has 0 bridgehead atoms. The number of nitrogens with one attached hydrogen (secondary N) is 1. The molecule has 1 heterocycles. The van der Waals surface area contributed by atoms with Crippen LogP contribution in [0, 0.1) is 12.8 Å². The van der Waals surface area contributed by atoms with Gasteiger partial charge in [0.1, 0.15) is 17.9 Å². The Hall–Kier alpha value is -3.16. The maximum Gasteiger partial charge on any atom is 0.408 e. The van der Waals surface area contributed by atoms with E-state index >= 15 is 0 Å². The largest absolute Gasteiger partial charge is 0.493 e. The topological polar surface area (TPSA) is 105 Å². The number of ether oxygens (including phenoxy) is 1. The first-order valence-corrected chi connectivity index (χ1v) is 11.1. The number of benzene rings is 1. The van der Waals surface area contributed by atoms with Gasteiger partial charge in [0.05, 0.1) is 12.3 Å². The molecule has 2 rings (SSSR count). The van der Waals surface area contributed by atoms with Crippen molar-refractivity contribution in [3.05, 3.63) is 36.2 Å². The molecule has 33 heavy (non-hydrogen) atoms. The Morgan fingerprint density at radius 3 is 2.36 bits per heavy atom. The van der Waals surface area contributed by atoms with Gasteiger partial charge in [0.2, 0.25) is 5.91 Å². The van der Waals surface area contributed by atoms with E-state index in [4.69, 9.17) is 4.74 Å². The molecule has 8 heteroatoms. The number of rotatable bonds is 8. The molecule has 2 amide bonds. The lowest BCUT2D eigenvalue weighted by Gasteiger charge is -2.46. The van der Waals surface area contributed by atoms with Crippen molar-refractivity contribution in [3.63, 3.8) is 0 Å². The standard InChI is InChI=1S/C25H36N4O4/c1-16(13-25(7,8)29(23(31)32)24(4,5)6)14-33-21-10-9-19(11-17(21)2)20-12-22(27-15-26-20)28-18(3)30/h9-12,15-16H,13-14H2,1-8H3,(H,31,32)(H,26,27,28,30)/t16-/m0/s1. The number of hydrogen-bond donors (Lipinski definition) is 2. The number of amides is 2. The highest BCUT2D eigenvalue weighted by Gasteiger charge is 2.39. The van der Waals surface area contributed by atoms with Crippen LogP contribution in [0.25, 0.3) is 11.3 Å². The molecule has 8 nitrogen and oxygen atoms in total. The Labute approximate surface area is 196 Å². The minimum absolute atomic E-state index is 0.144. The van der Waals surface area contributed by atoms with Crippen LogP contribution in [-0.2, 0) is 4.79 Å². The molecule has 180 valence electrons. The van der Waals surface area contributed by atoms with Crippen LogP contribution in [0.1, 0.15) is 60.5 Å². The summed E-state index contributed by atoms with van der Waals surface area (Å²) in [4.78, 5) is 33.0. The van der Waals surface area contributed by atoms with E-state index < -0.39 is 17.2 Å². The zero-order chi connectivity index (χ0) is 25.0. The van der Waals surface area contributed by atoms with E-state index in [-0.39, 0.29) is 11.8 Å². The van der Waals surface area contributed by atoms with Gasteiger partial charge >= 0.3 is 6.09 Å². The summed E-state index contributed by atoms with van der Waals surface area (Å²) in [5.74, 6) is 1.18. The second-order valence-electron chi connectivity index (χ2n) is 10.2. The Morgan fingerprint density at radius 1 is 1.15 bits per heavy atom. The van der Waals surface area contributed by atoms with Crippen molar-refractivity contribution in [2.45, 2.75) is 72.9 Å². The van der Waals surface area contributed by atoms with Crippen LogP contribution in [0.3, 0.4) is 0 Å². The highest BCUT2D eigenvalue weighted by atomic mass is 16.5. The number of carbonyl (C=O) groups excluding carboxylic acids is 1. The van der Waals surface area contributed by atoms with Crippen LogP contribution < -0.4 is 10.1 Å². The molecule has 0 aliphatic carbocycles. The number of nitrogens with zero attached hydrogens (tertiary/aromatic N) is 3. The predicted octanol–water partition coefficient (Wildman–Crippen LogP) is 5.37. The first kappa shape index (κ1) is 26.1. The second-order valence-corrected chi connectivity index (χ2v) is 10.2. The van der Waals surface area contributed by atoms with E-state index in [1.54, 1.807) is 6.07 Å². The number of hydrogen-bond acceptors (Lipinski definition) is 5. The summed E-state index contributed by atoms with van der Waals surface area (Å²) in [5, 5.41) is 12.4. The average Bonchev–Trinajstić information content (AvgIpc) is 2.64. The summed E-state index contributed by atoms with van der Waals surface area (Å²) < 4.78 is 6.08. The third kappa shape index (κ3) is 7.17. The first-order valence-electron chi connectivity index (χ1n) is 11.1. The SMILES string of the molecule is CC(=O)Nc1cc(-c2ccc(OC[C@@H](C)CC(C)(C)N(C(=O)O)C(C)(C)C)c(C)c2)ncn1. The molecule has 0 unspecified atom stereocenters. The van der Waals surface area contributed by atoms with Gasteiger partial charge in [-0.15, -0.1) is 0 Å². The molecule has 0 fully saturated rings. The van der Waals surface area contributed by atoms with Gasteiger partial charge < -0.3 is 15.2 Å². The summed E-state index contributed by atoms with van der Waals surface area (Å²) >= 11 is 0. The van der Waals surface area contributed by atoms with E-state index in [1.165, 1.54) is 18.2 Å². The molecule has 2 N–H and O–H groups in total. The van der Waals surface area contributed by atoms with Gasteiger partial charge in [0, 0.05) is 29.6 Å². The molecule has 0 radical (unpaired) electrons. The maximum absolute atomic E-state index is 11.9. The number of aromatic nitrogens is 2. The number of aryl methyl sites for hydroxylation is 1. The van der Waals surface area contributed by atoms with Crippen molar-refractivity contribution in [1.82, 2.24) is 14.9 Å². The van der Waals surface area contributed by atoms with Gasteiger partial charge in [0.15, 0.2) is 0 Å².